The Morgan fingerprint density at radius 2 is 2.00 bits per heavy atom. The number of rotatable bonds is 2. The van der Waals surface area contributed by atoms with Gasteiger partial charge in [0.15, 0.2) is 0 Å². The Bertz CT molecular complexity index is 636. The van der Waals surface area contributed by atoms with Crippen LogP contribution in [0.1, 0.15) is 21.8 Å². The van der Waals surface area contributed by atoms with Crippen LogP contribution in [0.25, 0.3) is 0 Å². The zero-order valence-corrected chi connectivity index (χ0v) is 11.6. The van der Waals surface area contributed by atoms with Crippen molar-refractivity contribution in [2.75, 3.05) is 5.32 Å². The number of aryl methyl sites for hydroxylation is 2. The zero-order chi connectivity index (χ0) is 14.2. The van der Waals surface area contributed by atoms with Gasteiger partial charge >= 0.3 is 0 Å². The van der Waals surface area contributed by atoms with Crippen LogP contribution in [-0.2, 0) is 0 Å². The molecule has 100 valence electrons. The summed E-state index contributed by atoms with van der Waals surface area (Å²) < 4.78 is 31.5. The molecule has 0 atom stereocenters. The van der Waals surface area contributed by atoms with Crippen molar-refractivity contribution < 1.29 is 18.1 Å². The summed E-state index contributed by atoms with van der Waals surface area (Å²) in [7, 11) is 0. The van der Waals surface area contributed by atoms with E-state index in [2.05, 4.69) is 26.4 Å². The maximum absolute atomic E-state index is 13.5. The fourth-order valence-corrected chi connectivity index (χ4v) is 1.95. The quantitative estimate of drug-likeness (QED) is 0.856. The molecule has 0 radical (unpaired) electrons. The molecule has 2 rings (SSSR count). The van der Waals surface area contributed by atoms with Gasteiger partial charge in [0.2, 0.25) is 0 Å². The van der Waals surface area contributed by atoms with E-state index in [0.29, 0.717) is 17.5 Å². The number of benzene rings is 1. The Hall–Kier alpha value is -1.76. The van der Waals surface area contributed by atoms with Crippen molar-refractivity contribution in [2.45, 2.75) is 13.8 Å². The van der Waals surface area contributed by atoms with Gasteiger partial charge < -0.3 is 9.84 Å². The summed E-state index contributed by atoms with van der Waals surface area (Å²) in [5.74, 6) is -1.83. The van der Waals surface area contributed by atoms with Crippen LogP contribution in [0.5, 0.6) is 0 Å². The fraction of sp³-hybridized carbons (Fsp3) is 0.167. The van der Waals surface area contributed by atoms with Crippen LogP contribution in [0, 0.1) is 25.5 Å². The Morgan fingerprint density at radius 3 is 2.58 bits per heavy atom. The van der Waals surface area contributed by atoms with Crippen LogP contribution in [0.4, 0.5) is 14.5 Å². The Labute approximate surface area is 115 Å². The molecular formula is C12H9BrF2N2O2. The topological polar surface area (TPSA) is 55.1 Å². The molecule has 19 heavy (non-hydrogen) atoms. The largest absolute Gasteiger partial charge is 0.361 e. The zero-order valence-electron chi connectivity index (χ0n) is 10.1. The van der Waals surface area contributed by atoms with Gasteiger partial charge in [0, 0.05) is 6.07 Å². The van der Waals surface area contributed by atoms with Crippen LogP contribution in [0.15, 0.2) is 21.1 Å². The number of aromatic nitrogens is 1. The van der Waals surface area contributed by atoms with Gasteiger partial charge in [0.25, 0.3) is 5.91 Å². The molecular weight excluding hydrogens is 322 g/mol. The second-order valence-electron chi connectivity index (χ2n) is 3.90. The van der Waals surface area contributed by atoms with Gasteiger partial charge in [-0.15, -0.1) is 0 Å². The van der Waals surface area contributed by atoms with Crippen LogP contribution >= 0.6 is 15.9 Å². The molecule has 0 aliphatic heterocycles. The van der Waals surface area contributed by atoms with Crippen molar-refractivity contribution in [3.8, 4) is 0 Å². The van der Waals surface area contributed by atoms with Gasteiger partial charge in [-0.25, -0.2) is 8.78 Å². The Kier molecular flexibility index (Phi) is 3.66. The number of nitrogens with one attached hydrogen (secondary N) is 1. The average Bonchev–Trinajstić information content (AvgIpc) is 2.66. The normalized spacial score (nSPS) is 10.6. The van der Waals surface area contributed by atoms with Crippen molar-refractivity contribution in [3.63, 3.8) is 0 Å². The van der Waals surface area contributed by atoms with Crippen molar-refractivity contribution in [3.05, 3.63) is 45.3 Å². The summed E-state index contributed by atoms with van der Waals surface area (Å²) in [6.07, 6.45) is 0. The van der Waals surface area contributed by atoms with Gasteiger partial charge in [0.05, 0.1) is 15.9 Å². The molecule has 4 nitrogen and oxygen atoms in total. The number of hydrogen-bond donors (Lipinski definition) is 1. The van der Waals surface area contributed by atoms with E-state index in [1.54, 1.807) is 13.8 Å². The minimum Gasteiger partial charge on any atom is -0.361 e. The smallest absolute Gasteiger partial charge is 0.261 e. The van der Waals surface area contributed by atoms with Crippen LogP contribution < -0.4 is 5.32 Å². The summed E-state index contributed by atoms with van der Waals surface area (Å²) in [6, 6.07) is 1.84. The standard InChI is InChI=1S/C12H9BrF2N2O2/c1-5-11(6(2)19-17-5)12(18)16-10-3-7(13)8(14)4-9(10)15/h3-4H,1-2H3,(H,16,18). The van der Waals surface area contributed by atoms with Crippen molar-refractivity contribution in [1.82, 2.24) is 5.16 Å². The number of carbonyl (C=O) groups excluding carboxylic acids is 1. The van der Waals surface area contributed by atoms with E-state index in [9.17, 15) is 13.6 Å². The summed E-state index contributed by atoms with van der Waals surface area (Å²) in [5.41, 5.74) is 0.509. The van der Waals surface area contributed by atoms with Crippen LogP contribution in [0.3, 0.4) is 0 Å². The molecule has 0 aliphatic carbocycles. The first-order valence-electron chi connectivity index (χ1n) is 5.29. The number of halogens is 3. The molecule has 1 N–H and O–H groups in total. The monoisotopic (exact) mass is 330 g/mol. The molecule has 1 heterocycles. The molecule has 0 saturated heterocycles. The first-order valence-corrected chi connectivity index (χ1v) is 6.08. The predicted octanol–water partition coefficient (Wildman–Crippen LogP) is 3.58. The van der Waals surface area contributed by atoms with Crippen LogP contribution in [0.2, 0.25) is 0 Å². The van der Waals surface area contributed by atoms with E-state index in [1.807, 2.05) is 0 Å². The summed E-state index contributed by atoms with van der Waals surface area (Å²) in [5, 5.41) is 5.99. The summed E-state index contributed by atoms with van der Waals surface area (Å²) >= 11 is 2.92. The minimum absolute atomic E-state index is 0.0583. The number of anilines is 1. The maximum atomic E-state index is 13.5. The lowest BCUT2D eigenvalue weighted by Crippen LogP contribution is -2.14. The molecule has 0 fully saturated rings. The first-order chi connectivity index (χ1) is 8.90. The third-order valence-electron chi connectivity index (χ3n) is 2.52. The number of nitrogens with zero attached hydrogens (tertiary/aromatic N) is 1. The number of amides is 1. The number of carbonyl (C=O) groups is 1. The molecule has 1 aromatic carbocycles. The highest BCUT2D eigenvalue weighted by molar-refractivity contribution is 9.10. The molecule has 1 aromatic heterocycles. The first kappa shape index (κ1) is 13.7. The van der Waals surface area contributed by atoms with E-state index in [4.69, 9.17) is 4.52 Å². The SMILES string of the molecule is Cc1noc(C)c1C(=O)Nc1cc(Br)c(F)cc1F. The fourth-order valence-electron chi connectivity index (χ4n) is 1.61. The van der Waals surface area contributed by atoms with E-state index >= 15 is 0 Å². The van der Waals surface area contributed by atoms with Crippen molar-refractivity contribution in [1.29, 1.82) is 0 Å². The highest BCUT2D eigenvalue weighted by Gasteiger charge is 2.19. The molecule has 0 saturated carbocycles. The second kappa shape index (κ2) is 5.08. The van der Waals surface area contributed by atoms with Crippen molar-refractivity contribution in [2.24, 2.45) is 0 Å². The van der Waals surface area contributed by atoms with Gasteiger partial charge in [-0.2, -0.15) is 0 Å². The summed E-state index contributed by atoms with van der Waals surface area (Å²) in [4.78, 5) is 12.0. The Balaban J connectivity index is 2.32. The van der Waals surface area contributed by atoms with E-state index in [1.165, 1.54) is 0 Å². The van der Waals surface area contributed by atoms with Gasteiger partial charge in [0.1, 0.15) is 23.0 Å². The van der Waals surface area contributed by atoms with Gasteiger partial charge in [-0.1, -0.05) is 5.16 Å². The molecule has 7 heteroatoms. The third-order valence-corrected chi connectivity index (χ3v) is 3.13. The van der Waals surface area contributed by atoms with Crippen LogP contribution in [-0.4, -0.2) is 11.1 Å². The molecule has 0 spiro atoms. The van der Waals surface area contributed by atoms with Crippen molar-refractivity contribution >= 4 is 27.5 Å². The Morgan fingerprint density at radius 1 is 1.32 bits per heavy atom. The maximum Gasteiger partial charge on any atom is 0.261 e. The highest BCUT2D eigenvalue weighted by Crippen LogP contribution is 2.24. The predicted molar refractivity (Wildman–Crippen MR) is 68.0 cm³/mol. The molecule has 0 bridgehead atoms. The van der Waals surface area contributed by atoms with Gasteiger partial charge in [-0.3, -0.25) is 4.79 Å². The molecule has 0 aliphatic rings. The molecule has 0 unspecified atom stereocenters. The summed E-state index contributed by atoms with van der Waals surface area (Å²) in [6.45, 7) is 3.17. The lowest BCUT2D eigenvalue weighted by molar-refractivity contribution is 0.102. The number of hydrogen-bond acceptors (Lipinski definition) is 3. The highest BCUT2D eigenvalue weighted by atomic mass is 79.9. The second-order valence-corrected chi connectivity index (χ2v) is 4.75. The average molecular weight is 331 g/mol. The lowest BCUT2D eigenvalue weighted by atomic mass is 10.2. The molecule has 2 aromatic rings. The lowest BCUT2D eigenvalue weighted by Gasteiger charge is -2.07. The van der Waals surface area contributed by atoms with E-state index < -0.39 is 17.5 Å². The minimum atomic E-state index is -0.860. The third kappa shape index (κ3) is 2.65. The molecule has 1 amide bonds. The van der Waals surface area contributed by atoms with E-state index in [-0.39, 0.29) is 15.7 Å². The van der Waals surface area contributed by atoms with Gasteiger partial charge in [-0.05, 0) is 35.8 Å². The van der Waals surface area contributed by atoms with E-state index in [0.717, 1.165) is 6.07 Å².